The summed E-state index contributed by atoms with van der Waals surface area (Å²) in [4.78, 5) is 13.3. The van der Waals surface area contributed by atoms with E-state index in [0.717, 1.165) is 33.0 Å². The Kier molecular flexibility index (Phi) is 2.42. The Labute approximate surface area is 103 Å². The molecule has 1 aromatic carbocycles. The van der Waals surface area contributed by atoms with Crippen molar-refractivity contribution in [2.75, 3.05) is 0 Å². The van der Waals surface area contributed by atoms with Crippen molar-refractivity contribution in [3.63, 3.8) is 0 Å². The molecule has 3 rings (SSSR count). The van der Waals surface area contributed by atoms with Crippen LogP contribution >= 0.6 is 11.3 Å². The first kappa shape index (κ1) is 10.4. The molecule has 3 N–H and O–H groups in total. The summed E-state index contributed by atoms with van der Waals surface area (Å²) in [5.41, 5.74) is 11.6. The Morgan fingerprint density at radius 2 is 2.29 bits per heavy atom. The lowest BCUT2D eigenvalue weighted by molar-refractivity contribution is 1.08. The topological polar surface area (TPSA) is 67.6 Å². The summed E-state index contributed by atoms with van der Waals surface area (Å²) in [5.74, 6) is 0.876. The fourth-order valence-corrected chi connectivity index (χ4v) is 2.64. The van der Waals surface area contributed by atoms with Crippen molar-refractivity contribution >= 4 is 22.4 Å². The van der Waals surface area contributed by atoms with Gasteiger partial charge in [0.2, 0.25) is 0 Å². The van der Waals surface area contributed by atoms with E-state index in [9.17, 15) is 0 Å². The van der Waals surface area contributed by atoms with Crippen LogP contribution in [0, 0.1) is 6.92 Å². The number of thiazole rings is 1. The van der Waals surface area contributed by atoms with E-state index in [1.54, 1.807) is 11.3 Å². The normalized spacial score (nSPS) is 11.2. The van der Waals surface area contributed by atoms with Crippen LogP contribution in [-0.4, -0.2) is 15.0 Å². The van der Waals surface area contributed by atoms with Gasteiger partial charge in [-0.15, -0.1) is 11.3 Å². The Balaban J connectivity index is 2.24. The van der Waals surface area contributed by atoms with E-state index < -0.39 is 0 Å². The smallest absolute Gasteiger partial charge is 0.150 e. The molecule has 17 heavy (non-hydrogen) atoms. The molecule has 5 heteroatoms. The quantitative estimate of drug-likeness (QED) is 0.727. The summed E-state index contributed by atoms with van der Waals surface area (Å²) < 4.78 is 0. The van der Waals surface area contributed by atoms with Gasteiger partial charge in [0.1, 0.15) is 0 Å². The van der Waals surface area contributed by atoms with Gasteiger partial charge in [-0.25, -0.2) is 9.97 Å². The minimum atomic E-state index is 0.503. The molecular formula is C12H12N4S. The van der Waals surface area contributed by atoms with E-state index in [1.807, 2.05) is 30.6 Å². The number of aromatic amines is 1. The first-order valence-corrected chi connectivity index (χ1v) is 6.25. The first-order chi connectivity index (χ1) is 8.29. The highest BCUT2D eigenvalue weighted by atomic mass is 32.1. The third-order valence-corrected chi connectivity index (χ3v) is 3.71. The zero-order valence-electron chi connectivity index (χ0n) is 9.40. The molecule has 2 aromatic heterocycles. The van der Waals surface area contributed by atoms with E-state index in [-0.39, 0.29) is 0 Å². The lowest BCUT2D eigenvalue weighted by Crippen LogP contribution is -1.96. The highest BCUT2D eigenvalue weighted by Crippen LogP contribution is 2.27. The minimum Gasteiger partial charge on any atom is -0.337 e. The highest BCUT2D eigenvalue weighted by Gasteiger charge is 2.11. The molecule has 0 atom stereocenters. The standard InChI is InChI=1S/C12H12N4S/c1-7-11(17-6-14-7)12-15-9-4-2-3-8(5-13)10(9)16-12/h2-4,6H,5,13H2,1H3,(H,15,16). The largest absolute Gasteiger partial charge is 0.337 e. The summed E-state index contributed by atoms with van der Waals surface area (Å²) in [6, 6.07) is 6.01. The fourth-order valence-electron chi connectivity index (χ4n) is 1.89. The van der Waals surface area contributed by atoms with Crippen LogP contribution in [0.5, 0.6) is 0 Å². The molecule has 0 saturated heterocycles. The summed E-state index contributed by atoms with van der Waals surface area (Å²) in [6.07, 6.45) is 0. The van der Waals surface area contributed by atoms with Gasteiger partial charge in [-0.05, 0) is 18.6 Å². The van der Waals surface area contributed by atoms with Crippen LogP contribution in [0.1, 0.15) is 11.3 Å². The predicted molar refractivity (Wildman–Crippen MR) is 69.8 cm³/mol. The summed E-state index contributed by atoms with van der Waals surface area (Å²) in [7, 11) is 0. The number of para-hydroxylation sites is 1. The molecule has 0 aliphatic carbocycles. The number of nitrogens with two attached hydrogens (primary N) is 1. The number of fused-ring (bicyclic) bond motifs is 1. The van der Waals surface area contributed by atoms with E-state index in [1.165, 1.54) is 0 Å². The molecule has 2 heterocycles. The van der Waals surface area contributed by atoms with Crippen LogP contribution < -0.4 is 5.73 Å². The van der Waals surface area contributed by atoms with Crippen molar-refractivity contribution in [2.24, 2.45) is 5.73 Å². The van der Waals surface area contributed by atoms with Crippen LogP contribution in [0.15, 0.2) is 23.7 Å². The third-order valence-electron chi connectivity index (χ3n) is 2.78. The zero-order valence-corrected chi connectivity index (χ0v) is 10.2. The molecule has 0 amide bonds. The molecule has 0 aliphatic rings. The third kappa shape index (κ3) is 1.64. The number of rotatable bonds is 2. The van der Waals surface area contributed by atoms with Crippen molar-refractivity contribution in [2.45, 2.75) is 13.5 Å². The second-order valence-electron chi connectivity index (χ2n) is 3.87. The monoisotopic (exact) mass is 244 g/mol. The van der Waals surface area contributed by atoms with Gasteiger partial charge in [0.05, 0.1) is 27.1 Å². The van der Waals surface area contributed by atoms with E-state index in [0.29, 0.717) is 6.54 Å². The van der Waals surface area contributed by atoms with Crippen molar-refractivity contribution in [1.29, 1.82) is 0 Å². The molecule has 0 saturated carbocycles. The highest BCUT2D eigenvalue weighted by molar-refractivity contribution is 7.13. The van der Waals surface area contributed by atoms with E-state index >= 15 is 0 Å². The van der Waals surface area contributed by atoms with Gasteiger partial charge in [0.15, 0.2) is 5.82 Å². The maximum Gasteiger partial charge on any atom is 0.150 e. The van der Waals surface area contributed by atoms with Gasteiger partial charge >= 0.3 is 0 Å². The summed E-state index contributed by atoms with van der Waals surface area (Å²) >= 11 is 1.60. The van der Waals surface area contributed by atoms with Crippen LogP contribution in [0.2, 0.25) is 0 Å². The number of nitrogens with zero attached hydrogens (tertiary/aromatic N) is 2. The number of nitrogens with one attached hydrogen (secondary N) is 1. The SMILES string of the molecule is Cc1ncsc1-c1nc2c(CN)cccc2[nH]1. The van der Waals surface area contributed by atoms with Crippen LogP contribution in [0.25, 0.3) is 21.7 Å². The van der Waals surface area contributed by atoms with Crippen LogP contribution in [0.3, 0.4) is 0 Å². The van der Waals surface area contributed by atoms with Crippen molar-refractivity contribution < 1.29 is 0 Å². The van der Waals surface area contributed by atoms with E-state index in [4.69, 9.17) is 5.73 Å². The minimum absolute atomic E-state index is 0.503. The maximum absolute atomic E-state index is 5.71. The van der Waals surface area contributed by atoms with Crippen molar-refractivity contribution in [1.82, 2.24) is 15.0 Å². The number of H-pyrrole nitrogens is 1. The van der Waals surface area contributed by atoms with Gasteiger partial charge in [-0.3, -0.25) is 0 Å². The number of hydrogen-bond acceptors (Lipinski definition) is 4. The lowest BCUT2D eigenvalue weighted by atomic mass is 10.2. The Morgan fingerprint density at radius 3 is 3.00 bits per heavy atom. The predicted octanol–water partition coefficient (Wildman–Crippen LogP) is 2.45. The fraction of sp³-hybridized carbons (Fsp3) is 0.167. The first-order valence-electron chi connectivity index (χ1n) is 5.37. The van der Waals surface area contributed by atoms with E-state index in [2.05, 4.69) is 15.0 Å². The van der Waals surface area contributed by atoms with Gasteiger partial charge in [0, 0.05) is 6.54 Å². The Hall–Kier alpha value is -1.72. The average Bonchev–Trinajstić information content (AvgIpc) is 2.93. The van der Waals surface area contributed by atoms with Gasteiger partial charge < -0.3 is 10.7 Å². The molecule has 0 radical (unpaired) electrons. The number of aromatic nitrogens is 3. The molecule has 4 nitrogen and oxygen atoms in total. The van der Waals surface area contributed by atoms with Gasteiger partial charge in [-0.1, -0.05) is 12.1 Å². The average molecular weight is 244 g/mol. The molecule has 0 fully saturated rings. The number of imidazole rings is 1. The molecule has 0 unspecified atom stereocenters. The van der Waals surface area contributed by atoms with Gasteiger partial charge in [-0.2, -0.15) is 0 Å². The molecular weight excluding hydrogens is 232 g/mol. The molecule has 0 aliphatic heterocycles. The number of benzene rings is 1. The number of aryl methyl sites for hydroxylation is 1. The van der Waals surface area contributed by atoms with Crippen molar-refractivity contribution in [3.05, 3.63) is 35.0 Å². The lowest BCUT2D eigenvalue weighted by Gasteiger charge is -1.95. The molecule has 86 valence electrons. The second-order valence-corrected chi connectivity index (χ2v) is 4.72. The maximum atomic E-state index is 5.71. The van der Waals surface area contributed by atoms with Gasteiger partial charge in [0.25, 0.3) is 0 Å². The molecule has 0 spiro atoms. The van der Waals surface area contributed by atoms with Crippen molar-refractivity contribution in [3.8, 4) is 10.7 Å². The summed E-state index contributed by atoms with van der Waals surface area (Å²) in [5, 5.41) is 0. The summed E-state index contributed by atoms with van der Waals surface area (Å²) in [6.45, 7) is 2.49. The second kappa shape index (κ2) is 3.94. The Bertz CT molecular complexity index is 668. The van der Waals surface area contributed by atoms with Crippen LogP contribution in [0.4, 0.5) is 0 Å². The zero-order chi connectivity index (χ0) is 11.8. The molecule has 3 aromatic rings. The van der Waals surface area contributed by atoms with Crippen LogP contribution in [-0.2, 0) is 6.54 Å². The number of hydrogen-bond donors (Lipinski definition) is 2. The molecule has 0 bridgehead atoms. The Morgan fingerprint density at radius 1 is 1.41 bits per heavy atom.